The molecule has 11 heteroatoms. The maximum absolute atomic E-state index is 12.5. The van der Waals surface area contributed by atoms with Gasteiger partial charge in [-0.05, 0) is 41.8 Å². The maximum Gasteiger partial charge on any atom is 0.283 e. The number of para-hydroxylation sites is 1. The molecule has 2 aromatic rings. The first-order chi connectivity index (χ1) is 16.8. The van der Waals surface area contributed by atoms with Crippen molar-refractivity contribution in [1.29, 1.82) is 5.41 Å². The second-order valence-electron chi connectivity index (χ2n) is 7.55. The quantitative estimate of drug-likeness (QED) is 0.250. The lowest BCUT2D eigenvalue weighted by molar-refractivity contribution is -0.114. The van der Waals surface area contributed by atoms with Gasteiger partial charge in [0.25, 0.3) is 5.91 Å². The van der Waals surface area contributed by atoms with Gasteiger partial charge in [-0.1, -0.05) is 36.4 Å². The van der Waals surface area contributed by atoms with Crippen molar-refractivity contribution in [3.8, 4) is 11.5 Å². The zero-order valence-electron chi connectivity index (χ0n) is 18.8. The highest BCUT2D eigenvalue weighted by molar-refractivity contribution is 8.16. The van der Waals surface area contributed by atoms with Crippen LogP contribution in [0.1, 0.15) is 11.1 Å². The summed E-state index contributed by atoms with van der Waals surface area (Å²) in [5, 5.41) is 8.12. The second-order valence-corrected chi connectivity index (χ2v) is 10.2. The van der Waals surface area contributed by atoms with Crippen LogP contribution in [-0.4, -0.2) is 54.9 Å². The van der Waals surface area contributed by atoms with E-state index in [0.717, 1.165) is 40.8 Å². The van der Waals surface area contributed by atoms with E-state index in [1.165, 1.54) is 6.08 Å². The summed E-state index contributed by atoms with van der Waals surface area (Å²) < 4.78 is 39.4. The summed E-state index contributed by atoms with van der Waals surface area (Å²) in [4.78, 5) is 17.4. The van der Waals surface area contributed by atoms with Crippen LogP contribution in [-0.2, 0) is 21.1 Å². The van der Waals surface area contributed by atoms with E-state index in [4.69, 9.17) is 14.9 Å². The third-order valence-electron chi connectivity index (χ3n) is 4.96. The number of carbonyl (C=O) groups is 1. The Bertz CT molecular complexity index is 1380. The molecule has 4 rings (SSSR count). The normalized spacial score (nSPS) is 16.6. The first kappa shape index (κ1) is 24.4. The lowest BCUT2D eigenvalue weighted by atomic mass is 10.1. The minimum Gasteiger partial charge on any atom is -0.490 e. The largest absolute Gasteiger partial charge is 0.490 e. The fourth-order valence-electron chi connectivity index (χ4n) is 3.34. The Morgan fingerprint density at radius 1 is 1.11 bits per heavy atom. The fraction of sp³-hybridized carbons (Fsp3) is 0.167. The van der Waals surface area contributed by atoms with E-state index < -0.39 is 15.7 Å². The van der Waals surface area contributed by atoms with Gasteiger partial charge in [-0.15, -0.1) is 6.58 Å². The number of nitrogens with zero attached hydrogens (tertiary/aromatic N) is 3. The molecule has 0 radical (unpaired) electrons. The van der Waals surface area contributed by atoms with Gasteiger partial charge in [-0.3, -0.25) is 10.2 Å². The molecule has 0 bridgehead atoms. The smallest absolute Gasteiger partial charge is 0.283 e. The molecule has 2 aliphatic rings. The van der Waals surface area contributed by atoms with Crippen molar-refractivity contribution in [2.24, 2.45) is 9.39 Å². The Hall–Kier alpha value is -3.70. The lowest BCUT2D eigenvalue weighted by Crippen LogP contribution is -2.45. The molecule has 180 valence electrons. The number of hydrogen-bond acceptors (Lipinski definition) is 8. The molecule has 0 fully saturated rings. The topological polar surface area (TPSA) is 121 Å². The Labute approximate surface area is 207 Å². The monoisotopic (exact) mass is 510 g/mol. The van der Waals surface area contributed by atoms with Crippen LogP contribution in [0.15, 0.2) is 76.1 Å². The number of carbonyl (C=O) groups excluding carboxylic acids is 1. The predicted octanol–water partition coefficient (Wildman–Crippen LogP) is 3.49. The molecule has 0 atom stereocenters. The third-order valence-corrected chi connectivity index (χ3v) is 6.72. The van der Waals surface area contributed by atoms with Crippen LogP contribution < -0.4 is 9.47 Å². The van der Waals surface area contributed by atoms with Crippen molar-refractivity contribution in [2.45, 2.75) is 6.42 Å². The summed E-state index contributed by atoms with van der Waals surface area (Å²) >= 11 is 0.755. The van der Waals surface area contributed by atoms with Crippen molar-refractivity contribution < 1.29 is 22.7 Å². The van der Waals surface area contributed by atoms with E-state index >= 15 is 0 Å². The number of sulfone groups is 1. The van der Waals surface area contributed by atoms with Gasteiger partial charge in [0.2, 0.25) is 20.2 Å². The summed E-state index contributed by atoms with van der Waals surface area (Å²) in [5.74, 6) is 0.489. The Morgan fingerprint density at radius 2 is 1.83 bits per heavy atom. The highest BCUT2D eigenvalue weighted by atomic mass is 32.2. The zero-order chi connectivity index (χ0) is 25.0. The van der Waals surface area contributed by atoms with Crippen molar-refractivity contribution >= 4 is 49.9 Å². The highest BCUT2D eigenvalue weighted by Crippen LogP contribution is 2.30. The molecule has 2 aromatic carbocycles. The number of fused-ring (bicyclic) bond motifs is 1. The predicted molar refractivity (Wildman–Crippen MR) is 138 cm³/mol. The number of allylic oxidation sites excluding steroid dienone is 1. The van der Waals surface area contributed by atoms with Crippen molar-refractivity contribution in [3.63, 3.8) is 0 Å². The highest BCUT2D eigenvalue weighted by Gasteiger charge is 2.41. The van der Waals surface area contributed by atoms with E-state index in [-0.39, 0.29) is 21.7 Å². The molecule has 0 aliphatic carbocycles. The lowest BCUT2D eigenvalue weighted by Gasteiger charge is -2.23. The third kappa shape index (κ3) is 5.52. The molecule has 9 nitrogen and oxygen atoms in total. The second kappa shape index (κ2) is 10.3. The molecule has 0 saturated carbocycles. The maximum atomic E-state index is 12.5. The van der Waals surface area contributed by atoms with Crippen LogP contribution in [0, 0.1) is 5.41 Å². The number of nitrogens with one attached hydrogen (secondary N) is 1. The Kier molecular flexibility index (Phi) is 7.17. The average Bonchev–Trinajstić information content (AvgIpc) is 3.26. The van der Waals surface area contributed by atoms with Crippen molar-refractivity contribution in [2.75, 3.05) is 19.5 Å². The first-order valence-corrected chi connectivity index (χ1v) is 13.2. The number of rotatable bonds is 8. The van der Waals surface area contributed by atoms with E-state index in [2.05, 4.69) is 16.0 Å². The molecular weight excluding hydrogens is 488 g/mol. The van der Waals surface area contributed by atoms with E-state index in [1.54, 1.807) is 24.3 Å². The number of ether oxygens (including phenoxy) is 2. The molecule has 0 saturated heterocycles. The number of amides is 1. The van der Waals surface area contributed by atoms with Crippen molar-refractivity contribution in [3.05, 3.63) is 77.9 Å². The summed E-state index contributed by atoms with van der Waals surface area (Å²) in [5.41, 5.74) is 1.65. The van der Waals surface area contributed by atoms with Gasteiger partial charge in [0, 0.05) is 6.26 Å². The summed E-state index contributed by atoms with van der Waals surface area (Å²) in [6.07, 6.45) is 5.02. The van der Waals surface area contributed by atoms with Gasteiger partial charge in [0.1, 0.15) is 30.5 Å². The number of hydrogen-bond donors (Lipinski definition) is 1. The van der Waals surface area contributed by atoms with Crippen LogP contribution in [0.2, 0.25) is 0 Å². The standard InChI is InChI=1S/C24H22N4O5S2/c1-3-6-17-7-4-5-8-20(17)33-14-13-32-18-11-9-16(10-12-18)15-19-21(25)28-23(26-22(19)29)34-27-24(28)35(2,30)31/h3-5,7-12,15,25H,1,6,13-14H2,2H3/b19-15-,25-21?. The van der Waals surface area contributed by atoms with Crippen LogP contribution in [0.3, 0.4) is 0 Å². The average molecular weight is 511 g/mol. The van der Waals surface area contributed by atoms with E-state index in [1.807, 2.05) is 30.3 Å². The van der Waals surface area contributed by atoms with Gasteiger partial charge < -0.3 is 9.47 Å². The van der Waals surface area contributed by atoms with Crippen LogP contribution in [0.4, 0.5) is 0 Å². The number of aliphatic imine (C=N–C) groups is 1. The number of amidine groups is 3. The van der Waals surface area contributed by atoms with E-state index in [9.17, 15) is 13.2 Å². The van der Waals surface area contributed by atoms with Gasteiger partial charge in [-0.2, -0.15) is 9.39 Å². The zero-order valence-corrected chi connectivity index (χ0v) is 20.4. The molecule has 1 amide bonds. The molecular formula is C24H22N4O5S2. The molecule has 0 unspecified atom stereocenters. The molecule has 1 N–H and O–H groups in total. The molecule has 35 heavy (non-hydrogen) atoms. The SMILES string of the molecule is C=CCc1ccccc1OCCOc1ccc(/C=C2/C(=N)N3C(=NC2=O)SN=C3S(C)(=O)=O)cc1. The molecule has 2 heterocycles. The molecule has 0 aromatic heterocycles. The minimum atomic E-state index is -3.70. The molecule has 0 spiro atoms. The Morgan fingerprint density at radius 3 is 2.54 bits per heavy atom. The van der Waals surface area contributed by atoms with Crippen LogP contribution in [0.25, 0.3) is 6.08 Å². The van der Waals surface area contributed by atoms with Crippen LogP contribution in [0.5, 0.6) is 11.5 Å². The number of benzene rings is 2. The minimum absolute atomic E-state index is 0.0344. The van der Waals surface area contributed by atoms with Gasteiger partial charge in [0.05, 0.1) is 17.5 Å². The van der Waals surface area contributed by atoms with Gasteiger partial charge in [0.15, 0.2) is 0 Å². The summed E-state index contributed by atoms with van der Waals surface area (Å²) in [6.45, 7) is 4.46. The summed E-state index contributed by atoms with van der Waals surface area (Å²) in [6, 6.07) is 14.7. The summed E-state index contributed by atoms with van der Waals surface area (Å²) in [7, 11) is -3.70. The van der Waals surface area contributed by atoms with Crippen molar-refractivity contribution in [1.82, 2.24) is 4.90 Å². The van der Waals surface area contributed by atoms with Gasteiger partial charge >= 0.3 is 0 Å². The Balaban J connectivity index is 1.39. The van der Waals surface area contributed by atoms with Crippen LogP contribution >= 0.6 is 11.9 Å². The van der Waals surface area contributed by atoms with E-state index in [0.29, 0.717) is 24.5 Å². The molecule has 2 aliphatic heterocycles. The van der Waals surface area contributed by atoms with Gasteiger partial charge in [-0.25, -0.2) is 13.3 Å². The fourth-order valence-corrected chi connectivity index (χ4v) is 5.19. The first-order valence-electron chi connectivity index (χ1n) is 10.5.